The average Bonchev–Trinajstić information content (AvgIpc) is 1.61. The molecule has 0 unspecified atom stereocenters. The van der Waals surface area contributed by atoms with Crippen LogP contribution in [0.4, 0.5) is 0 Å². The van der Waals surface area contributed by atoms with Gasteiger partial charge in [-0.3, -0.25) is 4.52 Å². The summed E-state index contributed by atoms with van der Waals surface area (Å²) in [6.45, 7) is 3.68. The Morgan fingerprint density at radius 2 is 2.43 bits per heavy atom. The number of hydrogen-bond donors (Lipinski definition) is 0. The molecule has 0 aliphatic carbocycles. The number of rotatable bonds is 3. The first-order valence-electron chi connectivity index (χ1n) is 1.47. The second kappa shape index (κ2) is 9.93. The van der Waals surface area contributed by atoms with Crippen LogP contribution in [0, 0.1) is 0 Å². The molecule has 2 nitrogen and oxygen atoms in total. The fraction of sp³-hybridized carbons (Fsp3) is 0.333. The van der Waals surface area contributed by atoms with Gasteiger partial charge in [-0.15, -0.1) is 6.58 Å². The molecule has 0 heterocycles. The van der Waals surface area contributed by atoms with Crippen molar-refractivity contribution >= 4 is 38.2 Å². The van der Waals surface area contributed by atoms with Crippen LogP contribution in [0.15, 0.2) is 12.7 Å². The monoisotopic (exact) mass is 128 g/mol. The molecule has 0 N–H and O–H groups in total. The molecule has 0 fully saturated rings. The molecular formula is C3H6NaO2P. The van der Waals surface area contributed by atoms with Crippen LogP contribution in [0.2, 0.25) is 0 Å². The molecule has 7 heavy (non-hydrogen) atoms. The standard InChI is InChI=1S/C3H5O2P.Na.H/c1-2-3-5-6-4;;/h2H,1,3H2;;. The maximum atomic E-state index is 9.39. The van der Waals surface area contributed by atoms with Gasteiger partial charge in [0.1, 0.15) is 0 Å². The number of hydrogen-bond acceptors (Lipinski definition) is 2. The second-order valence-electron chi connectivity index (χ2n) is 0.659. The van der Waals surface area contributed by atoms with E-state index in [9.17, 15) is 4.57 Å². The predicted octanol–water partition coefficient (Wildman–Crippen LogP) is 0.747. The summed E-state index contributed by atoms with van der Waals surface area (Å²) in [6, 6.07) is 0. The van der Waals surface area contributed by atoms with E-state index in [4.69, 9.17) is 0 Å². The molecule has 0 bridgehead atoms. The predicted molar refractivity (Wildman–Crippen MR) is 30.9 cm³/mol. The minimum atomic E-state index is -0.276. The first-order valence-corrected chi connectivity index (χ1v) is 2.20. The molecule has 0 aliphatic rings. The summed E-state index contributed by atoms with van der Waals surface area (Å²) >= 11 is 0. The van der Waals surface area contributed by atoms with E-state index in [2.05, 4.69) is 11.1 Å². The van der Waals surface area contributed by atoms with Gasteiger partial charge in [0, 0.05) is 0 Å². The Morgan fingerprint density at radius 3 is 2.57 bits per heavy atom. The summed E-state index contributed by atoms with van der Waals surface area (Å²) in [5, 5.41) is 0. The summed E-state index contributed by atoms with van der Waals surface area (Å²) in [4.78, 5) is 0. The third-order valence-corrected chi connectivity index (χ3v) is 0.500. The van der Waals surface area contributed by atoms with Crippen LogP contribution >= 0.6 is 8.69 Å². The van der Waals surface area contributed by atoms with Crippen molar-refractivity contribution in [3.05, 3.63) is 12.7 Å². The van der Waals surface area contributed by atoms with Crippen LogP contribution in [0.25, 0.3) is 0 Å². The Labute approximate surface area is 66.5 Å². The molecule has 0 rings (SSSR count). The van der Waals surface area contributed by atoms with Crippen molar-refractivity contribution < 1.29 is 9.09 Å². The SMILES string of the molecule is C=CCOP=O.[NaH]. The van der Waals surface area contributed by atoms with E-state index in [-0.39, 0.29) is 38.2 Å². The molecule has 0 aliphatic heterocycles. The zero-order valence-electron chi connectivity index (χ0n) is 3.26. The Kier molecular flexibility index (Phi) is 15.2. The summed E-state index contributed by atoms with van der Waals surface area (Å²) in [5.41, 5.74) is 0. The van der Waals surface area contributed by atoms with Gasteiger partial charge in [0.05, 0.1) is 6.61 Å². The zero-order valence-corrected chi connectivity index (χ0v) is 4.15. The second-order valence-corrected chi connectivity index (χ2v) is 1.07. The van der Waals surface area contributed by atoms with Crippen LogP contribution in [-0.4, -0.2) is 36.2 Å². The first-order chi connectivity index (χ1) is 2.91. The van der Waals surface area contributed by atoms with Gasteiger partial charge >= 0.3 is 38.2 Å². The van der Waals surface area contributed by atoms with E-state index < -0.39 is 0 Å². The van der Waals surface area contributed by atoms with Gasteiger partial charge in [-0.25, -0.2) is 4.57 Å². The average molecular weight is 128 g/mol. The molecule has 0 amide bonds. The van der Waals surface area contributed by atoms with E-state index in [1.54, 1.807) is 0 Å². The first kappa shape index (κ1) is 10.7. The molecule has 0 spiro atoms. The molecule has 0 saturated heterocycles. The third kappa shape index (κ3) is 10.8. The molecule has 0 radical (unpaired) electrons. The fourth-order valence-corrected chi connectivity index (χ4v) is 0.249. The van der Waals surface area contributed by atoms with Gasteiger partial charge in [-0.05, 0) is 0 Å². The summed E-state index contributed by atoms with van der Waals surface area (Å²) in [7, 11) is -0.276. The van der Waals surface area contributed by atoms with Gasteiger partial charge in [0.2, 0.25) is 0 Å². The Morgan fingerprint density at radius 1 is 1.86 bits per heavy atom. The molecule has 0 aromatic heterocycles. The van der Waals surface area contributed by atoms with E-state index in [1.807, 2.05) is 0 Å². The maximum absolute atomic E-state index is 9.39. The van der Waals surface area contributed by atoms with Crippen molar-refractivity contribution in [3.8, 4) is 0 Å². The van der Waals surface area contributed by atoms with Crippen LogP contribution in [0.1, 0.15) is 0 Å². The molecule has 0 aromatic carbocycles. The Bertz CT molecular complexity index is 48.9. The van der Waals surface area contributed by atoms with Crippen molar-refractivity contribution in [1.29, 1.82) is 0 Å². The Hall–Kier alpha value is 0.800. The van der Waals surface area contributed by atoms with Crippen LogP contribution in [0.3, 0.4) is 0 Å². The van der Waals surface area contributed by atoms with E-state index in [0.29, 0.717) is 6.61 Å². The quantitative estimate of drug-likeness (QED) is 0.242. The van der Waals surface area contributed by atoms with Gasteiger partial charge in [0.15, 0.2) is 0 Å². The third-order valence-electron chi connectivity index (χ3n) is 0.245. The molecule has 4 heteroatoms. The van der Waals surface area contributed by atoms with Gasteiger partial charge in [-0.1, -0.05) is 6.08 Å². The van der Waals surface area contributed by atoms with E-state index in [1.165, 1.54) is 6.08 Å². The van der Waals surface area contributed by atoms with E-state index >= 15 is 0 Å². The fourth-order valence-electron chi connectivity index (χ4n) is 0.0831. The van der Waals surface area contributed by atoms with Crippen molar-refractivity contribution in [1.82, 2.24) is 0 Å². The summed E-state index contributed by atoms with van der Waals surface area (Å²) in [6.07, 6.45) is 1.53. The molecule has 0 atom stereocenters. The van der Waals surface area contributed by atoms with Gasteiger partial charge in [-0.2, -0.15) is 0 Å². The van der Waals surface area contributed by atoms with Gasteiger partial charge in [0.25, 0.3) is 0 Å². The molecular weight excluding hydrogens is 122 g/mol. The van der Waals surface area contributed by atoms with Crippen molar-refractivity contribution in [2.24, 2.45) is 0 Å². The molecule has 0 aromatic rings. The van der Waals surface area contributed by atoms with Crippen molar-refractivity contribution in [2.75, 3.05) is 6.61 Å². The molecule has 36 valence electrons. The minimum absolute atomic E-state index is 0. The topological polar surface area (TPSA) is 26.3 Å². The van der Waals surface area contributed by atoms with E-state index in [0.717, 1.165) is 0 Å². The normalized spacial score (nSPS) is 7.43. The molecule has 0 saturated carbocycles. The Balaban J connectivity index is 0. The van der Waals surface area contributed by atoms with Crippen LogP contribution in [0.5, 0.6) is 0 Å². The summed E-state index contributed by atoms with van der Waals surface area (Å²) < 4.78 is 13.7. The zero-order chi connectivity index (χ0) is 4.83. The van der Waals surface area contributed by atoms with Gasteiger partial charge < -0.3 is 0 Å². The van der Waals surface area contributed by atoms with Crippen LogP contribution < -0.4 is 0 Å². The summed E-state index contributed by atoms with van der Waals surface area (Å²) in [5.74, 6) is 0. The van der Waals surface area contributed by atoms with Crippen molar-refractivity contribution in [3.63, 3.8) is 0 Å². The van der Waals surface area contributed by atoms with Crippen molar-refractivity contribution in [2.45, 2.75) is 0 Å². The van der Waals surface area contributed by atoms with Crippen LogP contribution in [-0.2, 0) is 9.09 Å².